The Bertz CT molecular complexity index is 1110. The van der Waals surface area contributed by atoms with Gasteiger partial charge < -0.3 is 14.6 Å². The van der Waals surface area contributed by atoms with E-state index in [9.17, 15) is 14.9 Å². The molecule has 0 aliphatic rings. The second-order valence-corrected chi connectivity index (χ2v) is 9.11. The minimum atomic E-state index is -0.507. The Balaban J connectivity index is 1.53. The van der Waals surface area contributed by atoms with Crippen LogP contribution in [0.5, 0.6) is 5.75 Å². The fourth-order valence-electron chi connectivity index (χ4n) is 2.82. The molecule has 32 heavy (non-hydrogen) atoms. The number of anilines is 1. The first-order chi connectivity index (χ1) is 15.1. The largest absolute Gasteiger partial charge is 0.486 e. The molecule has 0 saturated heterocycles. The lowest BCUT2D eigenvalue weighted by molar-refractivity contribution is -0.384. The van der Waals surface area contributed by atoms with Gasteiger partial charge in [-0.1, -0.05) is 50.7 Å². The minimum absolute atomic E-state index is 0.0791. The van der Waals surface area contributed by atoms with Crippen molar-refractivity contribution in [1.82, 2.24) is 14.8 Å². The summed E-state index contributed by atoms with van der Waals surface area (Å²) < 4.78 is 7.59. The minimum Gasteiger partial charge on any atom is -0.486 e. The molecule has 1 N–H and O–H groups in total. The topological polar surface area (TPSA) is 112 Å². The predicted molar refractivity (Wildman–Crippen MR) is 123 cm³/mol. The summed E-state index contributed by atoms with van der Waals surface area (Å²) in [6, 6.07) is 13.8. The quantitative estimate of drug-likeness (QED) is 0.306. The molecule has 1 amide bonds. The maximum atomic E-state index is 12.2. The summed E-state index contributed by atoms with van der Waals surface area (Å²) in [5, 5.41) is 22.3. The molecule has 1 heterocycles. The SMILES string of the molecule is Cn1c(COc2ccc(C(C)(C)C)cc2)nnc1SCC(=O)Nc1cccc([N+](=O)[O-])c1. The van der Waals surface area contributed by atoms with Gasteiger partial charge in [-0.3, -0.25) is 14.9 Å². The summed E-state index contributed by atoms with van der Waals surface area (Å²) in [6.45, 7) is 6.72. The van der Waals surface area contributed by atoms with Crippen LogP contribution in [0.3, 0.4) is 0 Å². The van der Waals surface area contributed by atoms with Crippen LogP contribution in [0.15, 0.2) is 53.7 Å². The molecule has 0 aliphatic heterocycles. The van der Waals surface area contributed by atoms with Crippen molar-refractivity contribution in [2.75, 3.05) is 11.1 Å². The molecule has 0 spiro atoms. The van der Waals surface area contributed by atoms with Gasteiger partial charge in [-0.15, -0.1) is 10.2 Å². The molecule has 0 atom stereocenters. The van der Waals surface area contributed by atoms with Crippen LogP contribution in [0.4, 0.5) is 11.4 Å². The van der Waals surface area contributed by atoms with Gasteiger partial charge in [0.05, 0.1) is 10.7 Å². The number of thioether (sulfide) groups is 1. The molecular formula is C22H25N5O4S. The Morgan fingerprint density at radius 2 is 1.91 bits per heavy atom. The fourth-order valence-corrected chi connectivity index (χ4v) is 3.55. The number of carbonyl (C=O) groups excluding carboxylic acids is 1. The summed E-state index contributed by atoms with van der Waals surface area (Å²) in [5.41, 5.74) is 1.59. The zero-order valence-electron chi connectivity index (χ0n) is 18.4. The monoisotopic (exact) mass is 455 g/mol. The molecule has 0 bridgehead atoms. The first kappa shape index (κ1) is 23.3. The lowest BCUT2D eigenvalue weighted by atomic mass is 9.87. The molecule has 9 nitrogen and oxygen atoms in total. The van der Waals surface area contributed by atoms with Crippen LogP contribution >= 0.6 is 11.8 Å². The van der Waals surface area contributed by atoms with Crippen LogP contribution in [0.1, 0.15) is 32.2 Å². The van der Waals surface area contributed by atoms with Crippen LogP contribution in [0, 0.1) is 10.1 Å². The van der Waals surface area contributed by atoms with Crippen LogP contribution in [-0.4, -0.2) is 31.3 Å². The summed E-state index contributed by atoms with van der Waals surface area (Å²) in [7, 11) is 1.81. The van der Waals surface area contributed by atoms with Crippen molar-refractivity contribution in [3.8, 4) is 5.75 Å². The van der Waals surface area contributed by atoms with Gasteiger partial charge in [0.15, 0.2) is 11.0 Å². The molecule has 0 unspecified atom stereocenters. The Morgan fingerprint density at radius 3 is 2.56 bits per heavy atom. The number of nitrogens with zero attached hydrogens (tertiary/aromatic N) is 4. The van der Waals surface area contributed by atoms with Crippen LogP contribution < -0.4 is 10.1 Å². The highest BCUT2D eigenvalue weighted by molar-refractivity contribution is 7.99. The maximum absolute atomic E-state index is 12.2. The Hall–Kier alpha value is -3.40. The van der Waals surface area contributed by atoms with Crippen LogP contribution in [-0.2, 0) is 23.9 Å². The molecule has 168 valence electrons. The van der Waals surface area contributed by atoms with Crippen LogP contribution in [0.2, 0.25) is 0 Å². The molecular weight excluding hydrogens is 430 g/mol. The molecule has 0 saturated carbocycles. The maximum Gasteiger partial charge on any atom is 0.271 e. The van der Waals surface area contributed by atoms with E-state index in [4.69, 9.17) is 4.74 Å². The first-order valence-electron chi connectivity index (χ1n) is 9.92. The third kappa shape index (κ3) is 6.07. The van der Waals surface area contributed by atoms with Crippen molar-refractivity contribution in [3.05, 3.63) is 70.0 Å². The van der Waals surface area contributed by atoms with E-state index in [1.54, 1.807) is 10.6 Å². The summed E-state index contributed by atoms with van der Waals surface area (Å²) in [6.07, 6.45) is 0. The molecule has 3 rings (SSSR count). The van der Waals surface area contributed by atoms with Gasteiger partial charge >= 0.3 is 0 Å². The van der Waals surface area contributed by atoms with E-state index in [-0.39, 0.29) is 29.4 Å². The summed E-state index contributed by atoms with van der Waals surface area (Å²) >= 11 is 1.22. The van der Waals surface area contributed by atoms with Crippen molar-refractivity contribution < 1.29 is 14.5 Å². The van der Waals surface area contributed by atoms with Crippen molar-refractivity contribution in [2.24, 2.45) is 7.05 Å². The number of carbonyl (C=O) groups is 1. The molecule has 3 aromatic rings. The molecule has 0 aliphatic carbocycles. The van der Waals surface area contributed by atoms with Gasteiger partial charge in [0.2, 0.25) is 5.91 Å². The molecule has 0 radical (unpaired) electrons. The molecule has 1 aromatic heterocycles. The Morgan fingerprint density at radius 1 is 1.19 bits per heavy atom. The third-order valence-corrected chi connectivity index (χ3v) is 5.71. The predicted octanol–water partition coefficient (Wildman–Crippen LogP) is 4.33. The van der Waals surface area contributed by atoms with E-state index in [0.717, 1.165) is 5.75 Å². The normalized spacial score (nSPS) is 11.2. The second kappa shape index (κ2) is 9.82. The van der Waals surface area contributed by atoms with Gasteiger partial charge in [0.25, 0.3) is 5.69 Å². The molecule has 10 heteroatoms. The lowest BCUT2D eigenvalue weighted by Gasteiger charge is -2.19. The number of nitro benzene ring substituents is 1. The molecule has 2 aromatic carbocycles. The highest BCUT2D eigenvalue weighted by Gasteiger charge is 2.15. The van der Waals surface area contributed by atoms with E-state index in [1.807, 2.05) is 31.3 Å². The van der Waals surface area contributed by atoms with Gasteiger partial charge in [-0.05, 0) is 29.2 Å². The van der Waals surface area contributed by atoms with E-state index < -0.39 is 4.92 Å². The zero-order valence-corrected chi connectivity index (χ0v) is 19.2. The smallest absolute Gasteiger partial charge is 0.271 e. The highest BCUT2D eigenvalue weighted by Crippen LogP contribution is 2.25. The highest BCUT2D eigenvalue weighted by atomic mass is 32.2. The number of hydrogen-bond donors (Lipinski definition) is 1. The lowest BCUT2D eigenvalue weighted by Crippen LogP contribution is -2.14. The molecule has 0 fully saturated rings. The third-order valence-electron chi connectivity index (χ3n) is 4.69. The number of non-ortho nitro benzene ring substituents is 1. The number of benzene rings is 2. The van der Waals surface area contributed by atoms with Gasteiger partial charge in [0, 0.05) is 24.9 Å². The van der Waals surface area contributed by atoms with E-state index in [1.165, 1.54) is 35.5 Å². The number of rotatable bonds is 8. The second-order valence-electron chi connectivity index (χ2n) is 8.17. The van der Waals surface area contributed by atoms with Gasteiger partial charge in [-0.25, -0.2) is 0 Å². The average molecular weight is 456 g/mol. The van der Waals surface area contributed by atoms with E-state index in [2.05, 4.69) is 36.3 Å². The van der Waals surface area contributed by atoms with Crippen molar-refractivity contribution >= 4 is 29.0 Å². The standard InChI is InChI=1S/C22H25N5O4S/c1-22(2,3)15-8-10-18(11-9-15)31-13-19-24-25-21(26(19)4)32-14-20(28)23-16-6-5-7-17(12-16)27(29)30/h5-12H,13-14H2,1-4H3,(H,23,28). The number of ether oxygens (including phenoxy) is 1. The van der Waals surface area contributed by atoms with Gasteiger partial charge in [0.1, 0.15) is 12.4 Å². The van der Waals surface area contributed by atoms with E-state index in [0.29, 0.717) is 16.7 Å². The fraction of sp³-hybridized carbons (Fsp3) is 0.318. The number of nitrogens with one attached hydrogen (secondary N) is 1. The zero-order chi connectivity index (χ0) is 23.3. The average Bonchev–Trinajstić information content (AvgIpc) is 3.10. The van der Waals surface area contributed by atoms with Crippen molar-refractivity contribution in [3.63, 3.8) is 0 Å². The number of hydrogen-bond acceptors (Lipinski definition) is 7. The first-order valence-corrected chi connectivity index (χ1v) is 10.9. The summed E-state index contributed by atoms with van der Waals surface area (Å²) in [4.78, 5) is 22.6. The van der Waals surface area contributed by atoms with E-state index >= 15 is 0 Å². The number of nitro groups is 1. The number of amides is 1. The summed E-state index contributed by atoms with van der Waals surface area (Å²) in [5.74, 6) is 1.16. The number of aromatic nitrogens is 3. The Kier molecular flexibility index (Phi) is 7.14. The Labute approximate surface area is 190 Å². The van der Waals surface area contributed by atoms with Crippen molar-refractivity contribution in [2.45, 2.75) is 37.9 Å². The van der Waals surface area contributed by atoms with Crippen molar-refractivity contribution in [1.29, 1.82) is 0 Å². The van der Waals surface area contributed by atoms with Crippen LogP contribution in [0.25, 0.3) is 0 Å². The van der Waals surface area contributed by atoms with Gasteiger partial charge in [-0.2, -0.15) is 0 Å².